The Morgan fingerprint density at radius 2 is 1.72 bits per heavy atom. The standard InChI is InChI=1S/C37H39N3O6/c1-25-15-16-27(35(41)38-17-7-18-40-19-22-44-23-20-40)24-32(25)30-12-5-11-29-31(36(39-34(29)30)46-37(42)43)13-6-21-45-33-14-4-9-26-8-2-3-10-28(26)33/h2-5,8-12,14-16,24,39H,6-7,13,17-23H2,1H3,(H,38,41)(H,42,43). The monoisotopic (exact) mass is 621 g/mol. The van der Waals surface area contributed by atoms with Crippen LogP contribution >= 0.6 is 0 Å². The van der Waals surface area contributed by atoms with Gasteiger partial charge in [-0.05, 0) is 67.4 Å². The number of nitrogens with zero attached hydrogens (tertiary/aromatic N) is 1. The third-order valence-electron chi connectivity index (χ3n) is 8.50. The van der Waals surface area contributed by atoms with Crippen LogP contribution in [0.2, 0.25) is 0 Å². The van der Waals surface area contributed by atoms with Crippen molar-refractivity contribution in [3.63, 3.8) is 0 Å². The molecule has 0 unspecified atom stereocenters. The number of aromatic nitrogens is 1. The van der Waals surface area contributed by atoms with E-state index in [2.05, 4.69) is 27.3 Å². The highest BCUT2D eigenvalue weighted by atomic mass is 16.7. The highest BCUT2D eigenvalue weighted by molar-refractivity contribution is 6.01. The number of hydrogen-bond donors (Lipinski definition) is 3. The van der Waals surface area contributed by atoms with Crippen LogP contribution in [0.25, 0.3) is 32.8 Å². The number of carbonyl (C=O) groups is 2. The van der Waals surface area contributed by atoms with Crippen LogP contribution < -0.4 is 14.8 Å². The number of carbonyl (C=O) groups excluding carboxylic acids is 1. The van der Waals surface area contributed by atoms with Crippen LogP contribution in [0.1, 0.15) is 34.3 Å². The number of nitrogens with one attached hydrogen (secondary N) is 2. The lowest BCUT2D eigenvalue weighted by atomic mass is 9.95. The van der Waals surface area contributed by atoms with Crippen molar-refractivity contribution in [2.45, 2.75) is 26.2 Å². The van der Waals surface area contributed by atoms with E-state index in [1.54, 1.807) is 0 Å². The van der Waals surface area contributed by atoms with E-state index in [9.17, 15) is 14.7 Å². The zero-order valence-corrected chi connectivity index (χ0v) is 26.0. The number of benzene rings is 4. The third-order valence-corrected chi connectivity index (χ3v) is 8.50. The van der Waals surface area contributed by atoms with Crippen molar-refractivity contribution in [1.82, 2.24) is 15.2 Å². The van der Waals surface area contributed by atoms with Crippen LogP contribution in [0.3, 0.4) is 0 Å². The first-order valence-electron chi connectivity index (χ1n) is 15.8. The lowest BCUT2D eigenvalue weighted by molar-refractivity contribution is 0.0374. The van der Waals surface area contributed by atoms with E-state index in [4.69, 9.17) is 14.2 Å². The Morgan fingerprint density at radius 3 is 2.57 bits per heavy atom. The highest BCUT2D eigenvalue weighted by Gasteiger charge is 2.20. The molecule has 2 heterocycles. The molecule has 3 N–H and O–H groups in total. The largest absolute Gasteiger partial charge is 0.512 e. The number of morpholine rings is 1. The van der Waals surface area contributed by atoms with Crippen LogP contribution in [0.5, 0.6) is 11.6 Å². The fourth-order valence-electron chi connectivity index (χ4n) is 6.13. The number of carboxylic acid groups (broad SMARTS) is 1. The Labute approximate surface area is 268 Å². The average Bonchev–Trinajstić information content (AvgIpc) is 3.42. The molecule has 1 fully saturated rings. The molecule has 5 aromatic rings. The first kappa shape index (κ1) is 31.1. The molecule has 9 nitrogen and oxygen atoms in total. The van der Waals surface area contributed by atoms with Gasteiger partial charge in [0.05, 0.1) is 25.3 Å². The molecule has 0 saturated carbocycles. The number of para-hydroxylation sites is 1. The van der Waals surface area contributed by atoms with Crippen LogP contribution in [-0.4, -0.2) is 73.1 Å². The summed E-state index contributed by atoms with van der Waals surface area (Å²) in [5.74, 6) is 0.897. The van der Waals surface area contributed by atoms with Gasteiger partial charge in [0.2, 0.25) is 5.88 Å². The van der Waals surface area contributed by atoms with Gasteiger partial charge < -0.3 is 29.6 Å². The predicted octanol–water partition coefficient (Wildman–Crippen LogP) is 6.82. The van der Waals surface area contributed by atoms with E-state index in [1.807, 2.05) is 73.7 Å². The summed E-state index contributed by atoms with van der Waals surface area (Å²) in [5.41, 5.74) is 4.86. The van der Waals surface area contributed by atoms with Gasteiger partial charge in [0.15, 0.2) is 0 Å². The Balaban J connectivity index is 1.18. The number of rotatable bonds is 12. The number of aromatic amines is 1. The molecule has 0 bridgehead atoms. The van der Waals surface area contributed by atoms with Crippen LogP contribution in [0, 0.1) is 6.92 Å². The second-order valence-corrected chi connectivity index (χ2v) is 11.6. The van der Waals surface area contributed by atoms with E-state index in [0.29, 0.717) is 31.6 Å². The number of fused-ring (bicyclic) bond motifs is 2. The molecule has 0 atom stereocenters. The van der Waals surface area contributed by atoms with E-state index in [-0.39, 0.29) is 11.8 Å². The maximum absolute atomic E-state index is 13.1. The first-order valence-corrected chi connectivity index (χ1v) is 15.8. The minimum atomic E-state index is -1.38. The van der Waals surface area contributed by atoms with Gasteiger partial charge in [-0.1, -0.05) is 60.7 Å². The van der Waals surface area contributed by atoms with Crippen molar-refractivity contribution in [1.29, 1.82) is 0 Å². The Hall–Kier alpha value is -4.86. The second kappa shape index (κ2) is 14.5. The predicted molar refractivity (Wildman–Crippen MR) is 179 cm³/mol. The topological polar surface area (TPSA) is 113 Å². The fraction of sp³-hybridized carbons (Fsp3) is 0.297. The van der Waals surface area contributed by atoms with E-state index in [0.717, 1.165) is 88.9 Å². The smallest absolute Gasteiger partial charge is 0.493 e. The molecule has 1 aromatic heterocycles. The average molecular weight is 622 g/mol. The molecule has 238 valence electrons. The number of amides is 1. The molecule has 0 aliphatic carbocycles. The van der Waals surface area contributed by atoms with Crippen LogP contribution in [0.15, 0.2) is 78.9 Å². The molecule has 1 aliphatic rings. The zero-order chi connectivity index (χ0) is 31.9. The molecule has 46 heavy (non-hydrogen) atoms. The van der Waals surface area contributed by atoms with Crippen molar-refractivity contribution < 1.29 is 28.9 Å². The third kappa shape index (κ3) is 7.17. The number of hydrogen-bond acceptors (Lipinski definition) is 6. The molecule has 0 spiro atoms. The lowest BCUT2D eigenvalue weighted by Crippen LogP contribution is -2.38. The molecular formula is C37H39N3O6. The first-order chi connectivity index (χ1) is 22.5. The van der Waals surface area contributed by atoms with Gasteiger partial charge >= 0.3 is 6.16 Å². The summed E-state index contributed by atoms with van der Waals surface area (Å²) in [7, 11) is 0. The van der Waals surface area contributed by atoms with Gasteiger partial charge in [0, 0.05) is 47.1 Å². The summed E-state index contributed by atoms with van der Waals surface area (Å²) < 4.78 is 16.8. The Kier molecular flexibility index (Phi) is 9.81. The van der Waals surface area contributed by atoms with Crippen molar-refractivity contribution in [3.8, 4) is 22.8 Å². The molecule has 1 saturated heterocycles. The Bertz CT molecular complexity index is 1840. The maximum atomic E-state index is 13.1. The minimum absolute atomic E-state index is 0.122. The molecule has 1 aliphatic heterocycles. The molecule has 1 amide bonds. The fourth-order valence-corrected chi connectivity index (χ4v) is 6.13. The van der Waals surface area contributed by atoms with Crippen molar-refractivity contribution >= 4 is 33.7 Å². The quantitative estimate of drug-likeness (QED) is 0.104. The van der Waals surface area contributed by atoms with Crippen LogP contribution in [0.4, 0.5) is 4.79 Å². The molecule has 9 heteroatoms. The summed E-state index contributed by atoms with van der Waals surface area (Å²) in [5, 5.41) is 15.6. The van der Waals surface area contributed by atoms with Gasteiger partial charge in [0.1, 0.15) is 5.75 Å². The Morgan fingerprint density at radius 1 is 0.935 bits per heavy atom. The molecule has 4 aromatic carbocycles. The van der Waals surface area contributed by atoms with Gasteiger partial charge in [-0.25, -0.2) is 4.79 Å². The van der Waals surface area contributed by atoms with Crippen LogP contribution in [-0.2, 0) is 11.2 Å². The van der Waals surface area contributed by atoms with Gasteiger partial charge in [0.25, 0.3) is 5.91 Å². The summed E-state index contributed by atoms with van der Waals surface area (Å²) >= 11 is 0. The highest BCUT2D eigenvalue weighted by Crippen LogP contribution is 2.37. The van der Waals surface area contributed by atoms with Gasteiger partial charge in [-0.2, -0.15) is 0 Å². The SMILES string of the molecule is Cc1ccc(C(=O)NCCCN2CCOCC2)cc1-c1cccc2c(CCCOc3cccc4ccccc34)c(OC(=O)O)[nH]c12. The summed E-state index contributed by atoms with van der Waals surface area (Å²) in [6, 6.07) is 25.7. The summed E-state index contributed by atoms with van der Waals surface area (Å²) in [4.78, 5) is 30.3. The van der Waals surface area contributed by atoms with Gasteiger partial charge in [-0.3, -0.25) is 9.69 Å². The van der Waals surface area contributed by atoms with Crippen molar-refractivity contribution in [2.24, 2.45) is 0 Å². The normalized spacial score (nSPS) is 13.6. The van der Waals surface area contributed by atoms with E-state index in [1.165, 1.54) is 0 Å². The van der Waals surface area contributed by atoms with Crippen molar-refractivity contribution in [2.75, 3.05) is 46.0 Å². The minimum Gasteiger partial charge on any atom is -0.493 e. The van der Waals surface area contributed by atoms with E-state index >= 15 is 0 Å². The number of ether oxygens (including phenoxy) is 3. The summed E-state index contributed by atoms with van der Waals surface area (Å²) in [6.07, 6.45) is 0.679. The van der Waals surface area contributed by atoms with Gasteiger partial charge in [-0.15, -0.1) is 0 Å². The molecule has 6 rings (SSSR count). The second-order valence-electron chi connectivity index (χ2n) is 11.6. The number of aryl methyl sites for hydroxylation is 2. The van der Waals surface area contributed by atoms with Crippen molar-refractivity contribution in [3.05, 3.63) is 95.6 Å². The molecule has 0 radical (unpaired) electrons. The lowest BCUT2D eigenvalue weighted by Gasteiger charge is -2.26. The molecular weight excluding hydrogens is 582 g/mol. The summed E-state index contributed by atoms with van der Waals surface area (Å²) in [6.45, 7) is 7.36. The van der Waals surface area contributed by atoms with E-state index < -0.39 is 6.16 Å². The zero-order valence-electron chi connectivity index (χ0n) is 26.0. The maximum Gasteiger partial charge on any atom is 0.512 e. The number of H-pyrrole nitrogens is 1.